The van der Waals surface area contributed by atoms with Crippen LogP contribution in [0.3, 0.4) is 0 Å². The highest BCUT2D eigenvalue weighted by Gasteiger charge is 2.26. The summed E-state index contributed by atoms with van der Waals surface area (Å²) in [5, 5.41) is 24.5. The molecule has 3 aromatic rings. The van der Waals surface area contributed by atoms with Crippen LogP contribution in [-0.4, -0.2) is 27.2 Å². The van der Waals surface area contributed by atoms with Crippen molar-refractivity contribution in [2.75, 3.05) is 11.9 Å². The van der Waals surface area contributed by atoms with Gasteiger partial charge in [-0.15, -0.1) is 0 Å². The predicted octanol–water partition coefficient (Wildman–Crippen LogP) is 2.69. The first kappa shape index (κ1) is 16.7. The number of hydrogen-bond donors (Lipinski definition) is 2. The lowest BCUT2D eigenvalue weighted by Gasteiger charge is -2.16. The fourth-order valence-electron chi connectivity index (χ4n) is 2.76. The van der Waals surface area contributed by atoms with Crippen LogP contribution in [0.4, 0.5) is 11.4 Å². The van der Waals surface area contributed by atoms with E-state index in [9.17, 15) is 20.0 Å². The van der Waals surface area contributed by atoms with Crippen LogP contribution in [-0.2, 0) is 0 Å². The van der Waals surface area contributed by atoms with Gasteiger partial charge in [0, 0.05) is 17.6 Å². The minimum atomic E-state index is -0.719. The summed E-state index contributed by atoms with van der Waals surface area (Å²) >= 11 is 0. The Balaban J connectivity index is 2.40. The Hall–Kier alpha value is -3.19. The maximum Gasteiger partial charge on any atom is 0.357 e. The number of nitro groups is 1. The van der Waals surface area contributed by atoms with E-state index in [0.29, 0.717) is 16.6 Å². The Morgan fingerprint density at radius 1 is 1.16 bits per heavy atom. The lowest BCUT2D eigenvalue weighted by molar-refractivity contribution is -0.385. The third kappa shape index (κ3) is 3.09. The third-order valence-corrected chi connectivity index (χ3v) is 3.83. The summed E-state index contributed by atoms with van der Waals surface area (Å²) in [7, 11) is 0. The highest BCUT2D eigenvalue weighted by Crippen LogP contribution is 2.31. The van der Waals surface area contributed by atoms with Crippen LogP contribution in [0.1, 0.15) is 6.92 Å². The molecule has 1 heterocycles. The van der Waals surface area contributed by atoms with Crippen molar-refractivity contribution in [2.24, 2.45) is 0 Å². The average Bonchev–Trinajstić information content (AvgIpc) is 2.59. The number of nitrogens with zero attached hydrogens (tertiary/aromatic N) is 2. The zero-order valence-electron chi connectivity index (χ0n) is 13.5. The number of benzene rings is 2. The lowest BCUT2D eigenvalue weighted by Crippen LogP contribution is -2.25. The fraction of sp³-hybridized carbons (Fsp3) is 0.167. The molecule has 0 radical (unpaired) electrons. The van der Waals surface area contributed by atoms with Crippen LogP contribution < -0.4 is 10.9 Å². The first-order valence-corrected chi connectivity index (χ1v) is 7.80. The summed E-state index contributed by atoms with van der Waals surface area (Å²) in [6.07, 6.45) is -0.713. The van der Waals surface area contributed by atoms with Gasteiger partial charge in [-0.3, -0.25) is 19.5 Å². The molecular weight excluding hydrogens is 322 g/mol. The highest BCUT2D eigenvalue weighted by molar-refractivity contribution is 5.97. The predicted molar refractivity (Wildman–Crippen MR) is 96.4 cm³/mol. The van der Waals surface area contributed by atoms with E-state index in [4.69, 9.17) is 0 Å². The van der Waals surface area contributed by atoms with Gasteiger partial charge in [-0.1, -0.05) is 36.4 Å². The van der Waals surface area contributed by atoms with Crippen LogP contribution in [0.15, 0.2) is 59.4 Å². The molecule has 7 nitrogen and oxygen atoms in total. The normalized spacial score (nSPS) is 12.1. The number of aliphatic hydroxyl groups is 1. The maximum absolute atomic E-state index is 12.9. The molecule has 0 fully saturated rings. The van der Waals surface area contributed by atoms with Crippen LogP contribution >= 0.6 is 0 Å². The number of pyridine rings is 1. The second kappa shape index (κ2) is 6.74. The number of aromatic nitrogens is 1. The number of rotatable bonds is 5. The molecule has 0 aliphatic rings. The van der Waals surface area contributed by atoms with E-state index in [0.717, 1.165) is 0 Å². The van der Waals surface area contributed by atoms with Crippen molar-refractivity contribution < 1.29 is 10.0 Å². The van der Waals surface area contributed by atoms with Crippen LogP contribution in [0, 0.1) is 10.1 Å². The molecule has 0 saturated carbocycles. The Labute approximate surface area is 143 Å². The molecular formula is C18H17N3O4. The number of hydrogen-bond acceptors (Lipinski definition) is 5. The molecule has 25 heavy (non-hydrogen) atoms. The van der Waals surface area contributed by atoms with Crippen molar-refractivity contribution in [2.45, 2.75) is 13.0 Å². The quantitative estimate of drug-likeness (QED) is 0.550. The molecule has 0 unspecified atom stereocenters. The van der Waals surface area contributed by atoms with Crippen LogP contribution in [0.5, 0.6) is 0 Å². The second-order valence-corrected chi connectivity index (χ2v) is 5.70. The Morgan fingerprint density at radius 3 is 2.44 bits per heavy atom. The minimum absolute atomic E-state index is 0.0968. The van der Waals surface area contributed by atoms with Gasteiger partial charge in [0.2, 0.25) is 0 Å². The zero-order valence-corrected chi connectivity index (χ0v) is 13.5. The standard InChI is InChI=1S/C18H17N3O4/c1-12(22)11-19-16-14-9-5-6-10-15(14)20(13-7-3-2-4-8-13)18(23)17(16)21(24)25/h2-10,12,19,22H,11H2,1H3/t12-/m1/s1. The topological polar surface area (TPSA) is 97.4 Å². The smallest absolute Gasteiger partial charge is 0.357 e. The van der Waals surface area contributed by atoms with E-state index in [1.807, 2.05) is 6.07 Å². The van der Waals surface area contributed by atoms with Crippen molar-refractivity contribution in [1.82, 2.24) is 4.57 Å². The Morgan fingerprint density at radius 2 is 1.80 bits per heavy atom. The molecule has 7 heteroatoms. The van der Waals surface area contributed by atoms with E-state index < -0.39 is 22.3 Å². The van der Waals surface area contributed by atoms with E-state index in [1.165, 1.54) is 4.57 Å². The maximum atomic E-state index is 12.9. The molecule has 2 N–H and O–H groups in total. The molecule has 1 atom stereocenters. The molecule has 128 valence electrons. The van der Waals surface area contributed by atoms with E-state index >= 15 is 0 Å². The molecule has 0 aliphatic heterocycles. The third-order valence-electron chi connectivity index (χ3n) is 3.83. The second-order valence-electron chi connectivity index (χ2n) is 5.70. The van der Waals surface area contributed by atoms with Crippen molar-refractivity contribution in [1.29, 1.82) is 0 Å². The molecule has 3 rings (SSSR count). The van der Waals surface area contributed by atoms with Gasteiger partial charge in [-0.05, 0) is 25.1 Å². The molecule has 0 spiro atoms. The molecule has 0 amide bonds. The van der Waals surface area contributed by atoms with Gasteiger partial charge >= 0.3 is 11.2 Å². The largest absolute Gasteiger partial charge is 0.392 e. The highest BCUT2D eigenvalue weighted by atomic mass is 16.6. The molecule has 1 aromatic heterocycles. The number of para-hydroxylation sites is 2. The number of aliphatic hydroxyl groups excluding tert-OH is 1. The number of anilines is 1. The Kier molecular flexibility index (Phi) is 4.49. The van der Waals surface area contributed by atoms with Gasteiger partial charge in [0.1, 0.15) is 5.69 Å². The van der Waals surface area contributed by atoms with Crippen molar-refractivity contribution >= 4 is 22.3 Å². The summed E-state index contributed by atoms with van der Waals surface area (Å²) < 4.78 is 1.33. The van der Waals surface area contributed by atoms with Gasteiger partial charge < -0.3 is 10.4 Å². The summed E-state index contributed by atoms with van der Waals surface area (Å²) in [6, 6.07) is 15.8. The van der Waals surface area contributed by atoms with Crippen LogP contribution in [0.25, 0.3) is 16.6 Å². The van der Waals surface area contributed by atoms with Crippen molar-refractivity contribution in [3.05, 3.63) is 75.1 Å². The number of fused-ring (bicyclic) bond motifs is 1. The monoisotopic (exact) mass is 339 g/mol. The Bertz CT molecular complexity index is 981. The summed E-state index contributed by atoms with van der Waals surface area (Å²) in [5.74, 6) is 0. The zero-order chi connectivity index (χ0) is 18.0. The fourth-order valence-corrected chi connectivity index (χ4v) is 2.76. The first-order valence-electron chi connectivity index (χ1n) is 7.80. The van der Waals surface area contributed by atoms with Gasteiger partial charge in [0.15, 0.2) is 0 Å². The first-order chi connectivity index (χ1) is 12.0. The van der Waals surface area contributed by atoms with Crippen molar-refractivity contribution in [3.63, 3.8) is 0 Å². The van der Waals surface area contributed by atoms with Gasteiger partial charge in [0.25, 0.3) is 0 Å². The minimum Gasteiger partial charge on any atom is -0.392 e. The molecule has 2 aromatic carbocycles. The summed E-state index contributed by atoms with van der Waals surface area (Å²) in [6.45, 7) is 1.66. The van der Waals surface area contributed by atoms with Gasteiger partial charge in [-0.2, -0.15) is 0 Å². The SMILES string of the molecule is C[C@@H](O)CNc1c([N+](=O)[O-])c(=O)n(-c2ccccc2)c2ccccc12. The van der Waals surface area contributed by atoms with E-state index in [2.05, 4.69) is 5.32 Å². The molecule has 0 aliphatic carbocycles. The van der Waals surface area contributed by atoms with Gasteiger partial charge in [0.05, 0.1) is 16.5 Å². The number of nitrogens with one attached hydrogen (secondary N) is 1. The summed E-state index contributed by atoms with van der Waals surface area (Å²) in [5.41, 5.74) is -0.0313. The molecule has 0 bridgehead atoms. The van der Waals surface area contributed by atoms with Crippen molar-refractivity contribution in [3.8, 4) is 5.69 Å². The summed E-state index contributed by atoms with van der Waals surface area (Å²) in [4.78, 5) is 23.8. The van der Waals surface area contributed by atoms with E-state index in [-0.39, 0.29) is 12.2 Å². The van der Waals surface area contributed by atoms with Gasteiger partial charge in [-0.25, -0.2) is 0 Å². The van der Waals surface area contributed by atoms with Crippen LogP contribution in [0.2, 0.25) is 0 Å². The lowest BCUT2D eigenvalue weighted by atomic mass is 10.1. The van der Waals surface area contributed by atoms with E-state index in [1.54, 1.807) is 55.5 Å². The molecule has 0 saturated heterocycles. The average molecular weight is 339 g/mol.